The molecular formula is C34H47NO6. The predicted octanol–water partition coefficient (Wildman–Crippen LogP) is 6.16. The summed E-state index contributed by atoms with van der Waals surface area (Å²) in [7, 11) is 0. The molecule has 224 valence electrons. The molecule has 0 amide bonds. The summed E-state index contributed by atoms with van der Waals surface area (Å²) < 4.78 is 18.6. The van der Waals surface area contributed by atoms with Crippen molar-refractivity contribution in [3.05, 3.63) is 30.3 Å². The van der Waals surface area contributed by atoms with Crippen molar-refractivity contribution in [3.8, 4) is 0 Å². The van der Waals surface area contributed by atoms with Crippen LogP contribution in [-0.2, 0) is 28.6 Å². The third kappa shape index (κ3) is 4.75. The van der Waals surface area contributed by atoms with Crippen molar-refractivity contribution in [2.24, 2.45) is 46.3 Å². The number of para-hydroxylation sites is 1. The first-order chi connectivity index (χ1) is 19.5. The van der Waals surface area contributed by atoms with E-state index in [4.69, 9.17) is 14.2 Å². The fourth-order valence-corrected chi connectivity index (χ4v) is 10.7. The molecule has 0 aromatic heterocycles. The summed E-state index contributed by atoms with van der Waals surface area (Å²) in [4.78, 5) is 37.8. The Balaban J connectivity index is 1.50. The molecule has 0 unspecified atom stereocenters. The molecule has 6 rings (SSSR count). The van der Waals surface area contributed by atoms with Crippen LogP contribution in [0.5, 0.6) is 0 Å². The Bertz CT molecular complexity index is 1170. The van der Waals surface area contributed by atoms with Gasteiger partial charge in [-0.25, -0.2) is 0 Å². The second kappa shape index (κ2) is 10.6. The van der Waals surface area contributed by atoms with Crippen LogP contribution in [0.15, 0.2) is 30.3 Å². The van der Waals surface area contributed by atoms with Crippen molar-refractivity contribution < 1.29 is 28.6 Å². The number of carbonyl (C=O) groups is 3. The van der Waals surface area contributed by atoms with Crippen LogP contribution < -0.4 is 5.32 Å². The first-order valence-corrected chi connectivity index (χ1v) is 15.9. The lowest BCUT2D eigenvalue weighted by atomic mass is 9.41. The molecule has 4 saturated carbocycles. The van der Waals surface area contributed by atoms with Gasteiger partial charge in [-0.2, -0.15) is 0 Å². The number of ether oxygens (including phenoxy) is 3. The minimum absolute atomic E-state index is 0.0930. The van der Waals surface area contributed by atoms with Gasteiger partial charge in [0.05, 0.1) is 6.04 Å². The van der Waals surface area contributed by atoms with Gasteiger partial charge in [0.25, 0.3) is 0 Å². The zero-order chi connectivity index (χ0) is 29.1. The number of fused-ring (bicyclic) bond motifs is 4. The van der Waals surface area contributed by atoms with E-state index < -0.39 is 0 Å². The quantitative estimate of drug-likeness (QED) is 0.345. The maximum Gasteiger partial charge on any atom is 0.306 e. The normalized spacial score (nSPS) is 45.0. The summed E-state index contributed by atoms with van der Waals surface area (Å²) >= 11 is 0. The second-order valence-corrected chi connectivity index (χ2v) is 14.3. The number of nitrogens with one attached hydrogen (secondary N) is 1. The van der Waals surface area contributed by atoms with Gasteiger partial charge in [-0.3, -0.25) is 14.4 Å². The molecule has 1 heterocycles. The van der Waals surface area contributed by atoms with Crippen LogP contribution in [0.3, 0.4) is 0 Å². The molecule has 7 nitrogen and oxygen atoms in total. The smallest absolute Gasteiger partial charge is 0.306 e. The molecule has 41 heavy (non-hydrogen) atoms. The van der Waals surface area contributed by atoms with Crippen molar-refractivity contribution >= 4 is 23.6 Å². The van der Waals surface area contributed by atoms with E-state index in [1.54, 1.807) is 0 Å². The van der Waals surface area contributed by atoms with E-state index >= 15 is 0 Å². The fraction of sp³-hybridized carbons (Fsp3) is 0.735. The van der Waals surface area contributed by atoms with Gasteiger partial charge in [0, 0.05) is 37.3 Å². The van der Waals surface area contributed by atoms with Gasteiger partial charge in [0.15, 0.2) is 0 Å². The van der Waals surface area contributed by atoms with Crippen LogP contribution >= 0.6 is 0 Å². The number of hydrogen-bond acceptors (Lipinski definition) is 7. The van der Waals surface area contributed by atoms with Gasteiger partial charge in [0.2, 0.25) is 0 Å². The molecule has 1 saturated heterocycles. The molecule has 7 heteroatoms. The molecule has 4 aliphatic carbocycles. The number of anilines is 1. The number of esters is 3. The molecule has 12 atom stereocenters. The summed E-state index contributed by atoms with van der Waals surface area (Å²) in [5, 5.41) is 3.93. The molecule has 5 fully saturated rings. The summed E-state index contributed by atoms with van der Waals surface area (Å²) in [5.41, 5.74) is 0.700. The van der Waals surface area contributed by atoms with Crippen LogP contribution in [0.2, 0.25) is 0 Å². The standard InChI is InChI=1S/C34H47NO6/c1-19-11-14-28(38)41-32-31(35-23-9-7-6-8-10-23)30-29(26-13-12-25(19)34(26,32)5)27(40-21(3)37)18-22-17-24(39-20(2)36)15-16-33(22,30)4/h6-10,19,22,24-27,29-32,35H,11-18H2,1-5H3/t19-,22+,24-,25-,26+,27-,29-,30-,31-,32+,33+,34-/m1/s1. The van der Waals surface area contributed by atoms with Crippen molar-refractivity contribution in [2.75, 3.05) is 5.32 Å². The van der Waals surface area contributed by atoms with Gasteiger partial charge in [0.1, 0.15) is 18.3 Å². The van der Waals surface area contributed by atoms with E-state index in [2.05, 4.69) is 38.2 Å². The third-order valence-corrected chi connectivity index (χ3v) is 12.3. The monoisotopic (exact) mass is 565 g/mol. The number of carbonyl (C=O) groups excluding carboxylic acids is 3. The minimum atomic E-state index is -0.281. The van der Waals surface area contributed by atoms with Crippen LogP contribution in [0, 0.1) is 46.3 Å². The summed E-state index contributed by atoms with van der Waals surface area (Å²) in [6, 6.07) is 10.1. The Morgan fingerprint density at radius 1 is 0.951 bits per heavy atom. The third-order valence-electron chi connectivity index (χ3n) is 12.3. The first kappa shape index (κ1) is 28.5. The molecule has 0 bridgehead atoms. The average molecular weight is 566 g/mol. The van der Waals surface area contributed by atoms with Gasteiger partial charge < -0.3 is 19.5 Å². The number of benzene rings is 1. The summed E-state index contributed by atoms with van der Waals surface area (Å²) in [6.07, 6.45) is 6.15. The molecule has 1 aliphatic heterocycles. The Morgan fingerprint density at radius 3 is 2.37 bits per heavy atom. The zero-order valence-electron chi connectivity index (χ0n) is 25.3. The van der Waals surface area contributed by atoms with Crippen molar-refractivity contribution in [1.29, 1.82) is 0 Å². The van der Waals surface area contributed by atoms with Gasteiger partial charge in [-0.1, -0.05) is 39.0 Å². The van der Waals surface area contributed by atoms with Crippen molar-refractivity contribution in [3.63, 3.8) is 0 Å². The van der Waals surface area contributed by atoms with Gasteiger partial charge >= 0.3 is 17.9 Å². The lowest BCUT2D eigenvalue weighted by Gasteiger charge is -2.66. The van der Waals surface area contributed by atoms with E-state index in [9.17, 15) is 14.4 Å². The molecule has 0 radical (unpaired) electrons. The van der Waals surface area contributed by atoms with E-state index in [1.165, 1.54) is 13.8 Å². The highest BCUT2D eigenvalue weighted by Gasteiger charge is 2.71. The number of rotatable bonds is 4. The second-order valence-electron chi connectivity index (χ2n) is 14.3. The van der Waals surface area contributed by atoms with Crippen LogP contribution in [0.25, 0.3) is 0 Å². The molecule has 0 spiro atoms. The first-order valence-electron chi connectivity index (χ1n) is 15.9. The minimum Gasteiger partial charge on any atom is -0.463 e. The lowest BCUT2D eigenvalue weighted by Crippen LogP contribution is -2.71. The van der Waals surface area contributed by atoms with Crippen molar-refractivity contribution in [2.45, 2.75) is 110 Å². The van der Waals surface area contributed by atoms with E-state index in [1.807, 2.05) is 18.2 Å². The molecule has 1 aromatic carbocycles. The van der Waals surface area contributed by atoms with E-state index in [0.717, 1.165) is 50.6 Å². The van der Waals surface area contributed by atoms with Gasteiger partial charge in [-0.05, 0) is 92.1 Å². The lowest BCUT2D eigenvalue weighted by molar-refractivity contribution is -0.231. The molecule has 1 aromatic rings. The van der Waals surface area contributed by atoms with Crippen molar-refractivity contribution in [1.82, 2.24) is 0 Å². The maximum absolute atomic E-state index is 13.3. The van der Waals surface area contributed by atoms with Crippen LogP contribution in [0.1, 0.15) is 86.0 Å². The average Bonchev–Trinajstić information content (AvgIpc) is 3.26. The van der Waals surface area contributed by atoms with Gasteiger partial charge in [-0.15, -0.1) is 0 Å². The number of hydrogen-bond donors (Lipinski definition) is 1. The molecular weight excluding hydrogens is 518 g/mol. The summed E-state index contributed by atoms with van der Waals surface area (Å²) in [5.74, 6) is 1.07. The van der Waals surface area contributed by atoms with Crippen LogP contribution in [-0.4, -0.2) is 42.3 Å². The Kier molecular flexibility index (Phi) is 7.39. The van der Waals surface area contributed by atoms with Crippen LogP contribution in [0.4, 0.5) is 5.69 Å². The Labute approximate surface area is 244 Å². The highest BCUT2D eigenvalue weighted by Crippen LogP contribution is 2.70. The highest BCUT2D eigenvalue weighted by atomic mass is 16.6. The molecule has 5 aliphatic rings. The Morgan fingerprint density at radius 2 is 1.66 bits per heavy atom. The zero-order valence-corrected chi connectivity index (χ0v) is 25.3. The SMILES string of the molecule is CC(=O)O[C@@H]1CC[C@@]2(C)[C@@H](C1)C[C@@H](OC(C)=O)[C@@H]1[C@@H]2[C@@H](Nc2ccccc2)[C@@H]2OC(=O)CC[C@@H](C)[C@H]3CC[C@@H]1[C@@]32C. The largest absolute Gasteiger partial charge is 0.463 e. The predicted molar refractivity (Wildman–Crippen MR) is 155 cm³/mol. The molecule has 1 N–H and O–H groups in total. The van der Waals surface area contributed by atoms with E-state index in [-0.39, 0.29) is 76.8 Å². The maximum atomic E-state index is 13.3. The van der Waals surface area contributed by atoms with E-state index in [0.29, 0.717) is 18.3 Å². The highest BCUT2D eigenvalue weighted by molar-refractivity contribution is 5.70. The Hall–Kier alpha value is -2.57. The summed E-state index contributed by atoms with van der Waals surface area (Å²) in [6.45, 7) is 10.1. The topological polar surface area (TPSA) is 90.9 Å². The fourth-order valence-electron chi connectivity index (χ4n) is 10.7.